The molecule has 0 heterocycles. The number of nitriles is 1. The smallest absolute Gasteiger partial charge is 0.120 e. The highest BCUT2D eigenvalue weighted by molar-refractivity contribution is 5.52. The van der Waals surface area contributed by atoms with Gasteiger partial charge in [0.1, 0.15) is 6.29 Å². The number of rotatable bonds is 2. The Labute approximate surface area is 83.2 Å². The maximum Gasteiger partial charge on any atom is 0.120 e. The minimum atomic E-state index is 0.414. The molecule has 0 amide bonds. The van der Waals surface area contributed by atoms with Gasteiger partial charge in [-0.3, -0.25) is 0 Å². The van der Waals surface area contributed by atoms with Crippen LogP contribution in [0.2, 0.25) is 0 Å². The molecule has 14 heavy (non-hydrogen) atoms. The summed E-state index contributed by atoms with van der Waals surface area (Å²) >= 11 is 0. The molecule has 0 N–H and O–H groups in total. The molecule has 0 fully saturated rings. The second-order valence-corrected chi connectivity index (χ2v) is 3.73. The second-order valence-electron chi connectivity index (χ2n) is 3.73. The van der Waals surface area contributed by atoms with Gasteiger partial charge < -0.3 is 4.79 Å². The zero-order valence-corrected chi connectivity index (χ0v) is 7.86. The lowest BCUT2D eigenvalue weighted by molar-refractivity contribution is -0.108. The van der Waals surface area contributed by atoms with E-state index in [4.69, 9.17) is 5.26 Å². The molecular weight excluding hydrogens is 174 g/mol. The van der Waals surface area contributed by atoms with Crippen molar-refractivity contribution in [1.29, 1.82) is 5.26 Å². The SMILES string of the molecule is N#Cc1cccc2c1CC(CC=O)C2. The Balaban J connectivity index is 2.31. The molecule has 0 saturated carbocycles. The minimum Gasteiger partial charge on any atom is -0.303 e. The standard InChI is InChI=1S/C12H11NO/c13-8-11-3-1-2-10-6-9(4-5-14)7-12(10)11/h1-3,5,9H,4,6-7H2. The third-order valence-electron chi connectivity index (χ3n) is 2.82. The number of nitrogens with zero attached hydrogens (tertiary/aromatic N) is 1. The number of hydrogen-bond acceptors (Lipinski definition) is 2. The summed E-state index contributed by atoms with van der Waals surface area (Å²) < 4.78 is 0. The zero-order chi connectivity index (χ0) is 9.97. The molecule has 1 atom stereocenters. The lowest BCUT2D eigenvalue weighted by Crippen LogP contribution is -1.99. The Morgan fingerprint density at radius 1 is 1.50 bits per heavy atom. The molecule has 1 aromatic carbocycles. The van der Waals surface area contributed by atoms with Crippen LogP contribution in [-0.2, 0) is 17.6 Å². The third-order valence-corrected chi connectivity index (χ3v) is 2.82. The topological polar surface area (TPSA) is 40.9 Å². The van der Waals surface area contributed by atoms with Gasteiger partial charge in [0, 0.05) is 6.42 Å². The Bertz CT molecular complexity index is 403. The lowest BCUT2D eigenvalue weighted by atomic mass is 10.0. The van der Waals surface area contributed by atoms with Crippen LogP contribution >= 0.6 is 0 Å². The molecule has 70 valence electrons. The molecule has 0 saturated heterocycles. The summed E-state index contributed by atoms with van der Waals surface area (Å²) in [5, 5.41) is 8.90. The van der Waals surface area contributed by atoms with Crippen molar-refractivity contribution >= 4 is 6.29 Å². The van der Waals surface area contributed by atoms with E-state index >= 15 is 0 Å². The molecular formula is C12H11NO. The summed E-state index contributed by atoms with van der Waals surface area (Å²) in [5.41, 5.74) is 3.17. The number of benzene rings is 1. The van der Waals surface area contributed by atoms with Crippen molar-refractivity contribution < 1.29 is 4.79 Å². The summed E-state index contributed by atoms with van der Waals surface area (Å²) in [4.78, 5) is 10.4. The van der Waals surface area contributed by atoms with Crippen LogP contribution in [0.1, 0.15) is 23.1 Å². The average molecular weight is 185 g/mol. The van der Waals surface area contributed by atoms with Gasteiger partial charge in [0.25, 0.3) is 0 Å². The number of fused-ring (bicyclic) bond motifs is 1. The first-order chi connectivity index (χ1) is 6.85. The largest absolute Gasteiger partial charge is 0.303 e. The molecule has 2 heteroatoms. The van der Waals surface area contributed by atoms with Crippen molar-refractivity contribution in [3.63, 3.8) is 0 Å². The fourth-order valence-corrected chi connectivity index (χ4v) is 2.15. The lowest BCUT2D eigenvalue weighted by Gasteiger charge is -2.01. The van der Waals surface area contributed by atoms with Gasteiger partial charge in [-0.1, -0.05) is 12.1 Å². The first-order valence-corrected chi connectivity index (χ1v) is 4.79. The van der Waals surface area contributed by atoms with Crippen LogP contribution in [0.3, 0.4) is 0 Å². The van der Waals surface area contributed by atoms with E-state index in [-0.39, 0.29) is 0 Å². The van der Waals surface area contributed by atoms with Crippen LogP contribution in [0.15, 0.2) is 18.2 Å². The van der Waals surface area contributed by atoms with E-state index < -0.39 is 0 Å². The summed E-state index contributed by atoms with van der Waals surface area (Å²) in [6, 6.07) is 8.02. The maximum absolute atomic E-state index is 10.4. The fourth-order valence-electron chi connectivity index (χ4n) is 2.15. The van der Waals surface area contributed by atoms with Gasteiger partial charge in [0.15, 0.2) is 0 Å². The molecule has 1 aliphatic rings. The number of aldehydes is 1. The monoisotopic (exact) mass is 185 g/mol. The Hall–Kier alpha value is -1.62. The fraction of sp³-hybridized carbons (Fsp3) is 0.333. The van der Waals surface area contributed by atoms with E-state index in [0.717, 1.165) is 30.3 Å². The molecule has 0 aliphatic heterocycles. The molecule has 1 aromatic rings. The van der Waals surface area contributed by atoms with E-state index in [1.54, 1.807) is 0 Å². The summed E-state index contributed by atoms with van der Waals surface area (Å²) in [6.45, 7) is 0. The van der Waals surface area contributed by atoms with Crippen LogP contribution in [0.4, 0.5) is 0 Å². The highest BCUT2D eigenvalue weighted by atomic mass is 16.1. The van der Waals surface area contributed by atoms with Gasteiger partial charge in [-0.15, -0.1) is 0 Å². The van der Waals surface area contributed by atoms with E-state index in [1.807, 2.05) is 12.1 Å². The van der Waals surface area contributed by atoms with Crippen LogP contribution in [-0.4, -0.2) is 6.29 Å². The van der Waals surface area contributed by atoms with Crippen molar-refractivity contribution in [2.24, 2.45) is 5.92 Å². The van der Waals surface area contributed by atoms with Gasteiger partial charge in [0.05, 0.1) is 11.6 Å². The van der Waals surface area contributed by atoms with Gasteiger partial charge in [0.2, 0.25) is 0 Å². The summed E-state index contributed by atoms with van der Waals surface area (Å²) in [7, 11) is 0. The summed E-state index contributed by atoms with van der Waals surface area (Å²) in [5.74, 6) is 0.414. The average Bonchev–Trinajstić information content (AvgIpc) is 2.60. The van der Waals surface area contributed by atoms with E-state index in [0.29, 0.717) is 12.3 Å². The molecule has 0 aromatic heterocycles. The van der Waals surface area contributed by atoms with Gasteiger partial charge >= 0.3 is 0 Å². The highest BCUT2D eigenvalue weighted by Crippen LogP contribution is 2.30. The first kappa shape index (κ1) is 8.96. The van der Waals surface area contributed by atoms with Crippen molar-refractivity contribution in [3.05, 3.63) is 34.9 Å². The Morgan fingerprint density at radius 3 is 3.07 bits per heavy atom. The normalized spacial score (nSPS) is 18.6. The van der Waals surface area contributed by atoms with Crippen molar-refractivity contribution in [1.82, 2.24) is 0 Å². The predicted octanol–water partition coefficient (Wildman–Crippen LogP) is 1.86. The maximum atomic E-state index is 10.4. The van der Waals surface area contributed by atoms with Crippen molar-refractivity contribution in [3.8, 4) is 6.07 Å². The van der Waals surface area contributed by atoms with Crippen LogP contribution in [0.25, 0.3) is 0 Å². The molecule has 0 bridgehead atoms. The first-order valence-electron chi connectivity index (χ1n) is 4.79. The number of carbonyl (C=O) groups excluding carboxylic acids is 1. The number of carbonyl (C=O) groups is 1. The van der Waals surface area contributed by atoms with Crippen LogP contribution in [0, 0.1) is 17.2 Å². The molecule has 0 spiro atoms. The van der Waals surface area contributed by atoms with Crippen molar-refractivity contribution in [2.45, 2.75) is 19.3 Å². The van der Waals surface area contributed by atoms with Gasteiger partial charge in [-0.05, 0) is 36.0 Å². The Morgan fingerprint density at radius 2 is 2.36 bits per heavy atom. The van der Waals surface area contributed by atoms with Crippen LogP contribution in [0.5, 0.6) is 0 Å². The van der Waals surface area contributed by atoms with E-state index in [9.17, 15) is 4.79 Å². The molecule has 0 radical (unpaired) electrons. The number of hydrogen-bond donors (Lipinski definition) is 0. The summed E-state index contributed by atoms with van der Waals surface area (Å²) in [6.07, 6.45) is 3.42. The molecule has 1 aliphatic carbocycles. The quantitative estimate of drug-likeness (QED) is 0.660. The zero-order valence-electron chi connectivity index (χ0n) is 7.86. The van der Waals surface area contributed by atoms with Crippen LogP contribution < -0.4 is 0 Å². The molecule has 1 unspecified atom stereocenters. The van der Waals surface area contributed by atoms with E-state index in [1.165, 1.54) is 5.56 Å². The van der Waals surface area contributed by atoms with Gasteiger partial charge in [-0.2, -0.15) is 5.26 Å². The van der Waals surface area contributed by atoms with E-state index in [2.05, 4.69) is 12.1 Å². The Kier molecular flexibility index (Phi) is 2.32. The second kappa shape index (κ2) is 3.63. The predicted molar refractivity (Wildman–Crippen MR) is 52.7 cm³/mol. The van der Waals surface area contributed by atoms with Gasteiger partial charge in [-0.25, -0.2) is 0 Å². The minimum absolute atomic E-state index is 0.414. The van der Waals surface area contributed by atoms with Crippen molar-refractivity contribution in [2.75, 3.05) is 0 Å². The third kappa shape index (κ3) is 1.42. The molecule has 2 nitrogen and oxygen atoms in total. The molecule has 2 rings (SSSR count). The highest BCUT2D eigenvalue weighted by Gasteiger charge is 2.22.